The normalized spacial score (nSPS) is 28.3. The average molecular weight is 593 g/mol. The predicted octanol–water partition coefficient (Wildman–Crippen LogP) is 0.977. The molecule has 4 aliphatic heterocycles. The maximum atomic E-state index is 13.4. The lowest BCUT2D eigenvalue weighted by Gasteiger charge is -2.44. The summed E-state index contributed by atoms with van der Waals surface area (Å²) in [6.07, 6.45) is 3.02. The summed E-state index contributed by atoms with van der Waals surface area (Å²) < 4.78 is 4.42. The molecular weight excluding hydrogens is 568 g/mol. The summed E-state index contributed by atoms with van der Waals surface area (Å²) in [7, 11) is 0. The molecule has 16 heteroatoms. The highest BCUT2D eigenvalue weighted by Crippen LogP contribution is 2.50. The molecule has 5 atom stereocenters. The van der Waals surface area contributed by atoms with Crippen LogP contribution in [0.4, 0.5) is 9.59 Å². The molecule has 1 aromatic carbocycles. The maximum absolute atomic E-state index is 13.4. The number of nitrogens with one attached hydrogen (secondary N) is 2. The van der Waals surface area contributed by atoms with Gasteiger partial charge in [-0.25, -0.2) is 24.3 Å². The monoisotopic (exact) mass is 592 g/mol. The number of aliphatic carboxylic acids is 1. The number of phenolic OH excluding ortho intramolecular Hbond substituents is 1. The lowest BCUT2D eigenvalue weighted by atomic mass is 9.95. The first kappa shape index (κ1) is 27.6. The van der Waals surface area contributed by atoms with Gasteiger partial charge in [0.05, 0.1) is 13.1 Å². The van der Waals surface area contributed by atoms with Crippen LogP contribution in [0.2, 0.25) is 0 Å². The van der Waals surface area contributed by atoms with Crippen LogP contribution in [-0.4, -0.2) is 102 Å². The number of alkyl halides is 1. The van der Waals surface area contributed by atoms with Gasteiger partial charge in [0.15, 0.2) is 5.56 Å². The number of aromatic hydroxyl groups is 1. The fraction of sp³-hybridized carbons (Fsp3) is 0.417. The van der Waals surface area contributed by atoms with E-state index in [0.29, 0.717) is 0 Å². The van der Waals surface area contributed by atoms with E-state index in [4.69, 9.17) is 16.3 Å². The number of fused-ring (bicyclic) bond motifs is 1. The molecule has 4 N–H and O–H groups in total. The van der Waals surface area contributed by atoms with Gasteiger partial charge in [-0.15, -0.1) is 16.9 Å². The Morgan fingerprint density at radius 2 is 1.90 bits per heavy atom. The number of thioether (sulfide) groups is 1. The number of imide groups is 1. The Kier molecular flexibility index (Phi) is 7.04. The van der Waals surface area contributed by atoms with Gasteiger partial charge >= 0.3 is 18.0 Å². The Labute approximate surface area is 236 Å². The van der Waals surface area contributed by atoms with E-state index in [1.54, 1.807) is 13.8 Å². The topological polar surface area (TPSA) is 181 Å². The van der Waals surface area contributed by atoms with Crippen molar-refractivity contribution in [2.75, 3.05) is 13.1 Å². The number of halogens is 1. The minimum Gasteiger partial charge on any atom is -0.508 e. The second-order valence-corrected chi connectivity index (χ2v) is 12.1. The summed E-state index contributed by atoms with van der Waals surface area (Å²) >= 11 is 7.07. The van der Waals surface area contributed by atoms with Crippen molar-refractivity contribution in [3.05, 3.63) is 42.0 Å². The van der Waals surface area contributed by atoms with Crippen molar-refractivity contribution >= 4 is 59.1 Å². The van der Waals surface area contributed by atoms with Crippen LogP contribution in [0.3, 0.4) is 0 Å². The van der Waals surface area contributed by atoms with Crippen LogP contribution < -0.4 is 10.6 Å². The van der Waals surface area contributed by atoms with E-state index in [-0.39, 0.29) is 30.3 Å². The number of benzene rings is 1. The zero-order valence-electron chi connectivity index (χ0n) is 21.2. The summed E-state index contributed by atoms with van der Waals surface area (Å²) in [6, 6.07) is 0.425. The number of carboxylic acids is 1. The van der Waals surface area contributed by atoms with E-state index < -0.39 is 63.7 Å². The molecule has 0 saturated carbocycles. The lowest BCUT2D eigenvalue weighted by Crippen LogP contribution is -2.71. The molecule has 1 aromatic rings. The minimum absolute atomic E-state index is 0.0280. The molecule has 0 aliphatic carbocycles. The molecule has 4 heterocycles. The van der Waals surface area contributed by atoms with E-state index in [1.165, 1.54) is 53.1 Å². The van der Waals surface area contributed by atoms with Gasteiger partial charge in [-0.1, -0.05) is 23.7 Å². The molecule has 5 rings (SSSR count). The average Bonchev–Trinajstić information content (AvgIpc) is 3.55. The third-order valence-corrected chi connectivity index (χ3v) is 8.61. The fourth-order valence-electron chi connectivity index (χ4n) is 4.88. The van der Waals surface area contributed by atoms with Gasteiger partial charge in [-0.2, -0.15) is 0 Å². The number of nitrogens with zero attached hydrogens (tertiary/aromatic N) is 4. The number of hydrazone groups is 1. The van der Waals surface area contributed by atoms with Crippen molar-refractivity contribution in [2.24, 2.45) is 5.10 Å². The Bertz CT molecular complexity index is 1340. The largest absolute Gasteiger partial charge is 0.508 e. The summed E-state index contributed by atoms with van der Waals surface area (Å²) in [4.78, 5) is 66.2. The number of hydrogen-bond donors (Lipinski definition) is 4. The number of amides is 6. The summed E-state index contributed by atoms with van der Waals surface area (Å²) in [5.41, 5.74) is -0.435. The second kappa shape index (κ2) is 10.2. The van der Waals surface area contributed by atoms with E-state index in [9.17, 15) is 34.2 Å². The number of carboxylic acid groups (broad SMARTS) is 1. The highest BCUT2D eigenvalue weighted by Gasteiger charge is 2.64. The Hall–Kier alpha value is -3.98. The van der Waals surface area contributed by atoms with Crippen molar-refractivity contribution < 1.29 is 38.9 Å². The van der Waals surface area contributed by atoms with E-state index in [2.05, 4.69) is 15.7 Å². The lowest BCUT2D eigenvalue weighted by molar-refractivity contribution is -0.161. The SMILES string of the molecule is CC1(C)S[C@@H]2[C@H](NC(=O)C(NC(=O)N3CCN(N=C4C=CC(Cl)O4)C3=O)c3ccc(O)cc3)C(=O)N2[C@H]1C(=O)O. The third-order valence-electron chi connectivity index (χ3n) is 6.80. The summed E-state index contributed by atoms with van der Waals surface area (Å²) in [5, 5.41) is 28.9. The van der Waals surface area contributed by atoms with Gasteiger partial charge in [-0.05, 0) is 37.6 Å². The maximum Gasteiger partial charge on any atom is 0.348 e. The number of carbonyl (C=O) groups excluding carboxylic acids is 4. The number of urea groups is 2. The highest BCUT2D eigenvalue weighted by atomic mass is 35.5. The molecule has 6 amide bonds. The molecule has 40 heavy (non-hydrogen) atoms. The number of hydrogen-bond acceptors (Lipinski definition) is 9. The Balaban J connectivity index is 1.31. The third kappa shape index (κ3) is 4.90. The Morgan fingerprint density at radius 1 is 1.20 bits per heavy atom. The molecule has 0 radical (unpaired) electrons. The quantitative estimate of drug-likeness (QED) is 0.276. The van der Waals surface area contributed by atoms with Gasteiger partial charge in [0.25, 0.3) is 0 Å². The molecule has 212 valence electrons. The first-order valence-electron chi connectivity index (χ1n) is 12.2. The first-order valence-corrected chi connectivity index (χ1v) is 13.5. The van der Waals surface area contributed by atoms with Crippen LogP contribution in [0, 0.1) is 0 Å². The molecule has 3 saturated heterocycles. The first-order chi connectivity index (χ1) is 18.9. The minimum atomic E-state index is -1.35. The van der Waals surface area contributed by atoms with E-state index >= 15 is 0 Å². The fourth-order valence-corrected chi connectivity index (χ4v) is 6.67. The Morgan fingerprint density at radius 3 is 2.52 bits per heavy atom. The van der Waals surface area contributed by atoms with E-state index in [0.717, 1.165) is 9.91 Å². The number of carbonyl (C=O) groups is 5. The van der Waals surface area contributed by atoms with Gasteiger partial charge < -0.3 is 30.5 Å². The summed E-state index contributed by atoms with van der Waals surface area (Å²) in [5.74, 6) is -2.41. The number of rotatable bonds is 6. The predicted molar refractivity (Wildman–Crippen MR) is 141 cm³/mol. The van der Waals surface area contributed by atoms with Crippen molar-refractivity contribution in [2.45, 2.75) is 47.7 Å². The highest BCUT2D eigenvalue weighted by molar-refractivity contribution is 8.01. The smallest absolute Gasteiger partial charge is 0.348 e. The van der Waals surface area contributed by atoms with Crippen LogP contribution in [0.5, 0.6) is 5.75 Å². The molecule has 0 aromatic heterocycles. The number of β-lactam (4-membered cyclic amide) rings is 1. The van der Waals surface area contributed by atoms with Gasteiger partial charge in [-0.3, -0.25) is 9.59 Å². The van der Waals surface area contributed by atoms with Crippen LogP contribution >= 0.6 is 23.4 Å². The van der Waals surface area contributed by atoms with Crippen molar-refractivity contribution in [3.8, 4) is 5.75 Å². The summed E-state index contributed by atoms with van der Waals surface area (Å²) in [6.45, 7) is 3.47. The van der Waals surface area contributed by atoms with E-state index in [1.807, 2.05) is 0 Å². The molecule has 2 unspecified atom stereocenters. The zero-order valence-corrected chi connectivity index (χ0v) is 22.8. The molecule has 0 spiro atoms. The van der Waals surface area contributed by atoms with Crippen LogP contribution in [0.25, 0.3) is 0 Å². The van der Waals surface area contributed by atoms with Gasteiger partial charge in [0.2, 0.25) is 17.7 Å². The molecule has 0 bridgehead atoms. The molecule has 4 aliphatic rings. The molecule has 14 nitrogen and oxygen atoms in total. The standard InChI is InChI=1S/C24H25ClN6O8S/c1-24(2)17(21(35)36)31-19(34)16(20(31)40-24)26-18(33)15(11-3-5-12(32)6-4-11)27-22(37)29-9-10-30(23(29)38)28-14-8-7-13(25)39-14/h3-8,13,15-17,20,32H,9-10H2,1-2H3,(H,26,33)(H,27,37)(H,35,36)/t13?,15?,16-,17+,20-/m1/s1. The molecular formula is C24H25ClN6O8S. The second-order valence-electron chi connectivity index (χ2n) is 9.88. The number of phenols is 1. The van der Waals surface area contributed by atoms with Gasteiger partial charge in [0, 0.05) is 10.8 Å². The van der Waals surface area contributed by atoms with Crippen molar-refractivity contribution in [1.29, 1.82) is 0 Å². The zero-order chi connectivity index (χ0) is 28.9. The van der Waals surface area contributed by atoms with Crippen molar-refractivity contribution in [1.82, 2.24) is 25.4 Å². The number of ether oxygens (including phenoxy) is 1. The van der Waals surface area contributed by atoms with Crippen LogP contribution in [-0.2, 0) is 19.1 Å². The van der Waals surface area contributed by atoms with Crippen LogP contribution in [0.15, 0.2) is 41.5 Å². The van der Waals surface area contributed by atoms with Crippen molar-refractivity contribution in [3.63, 3.8) is 0 Å². The molecule has 3 fully saturated rings. The van der Waals surface area contributed by atoms with Gasteiger partial charge in [0.1, 0.15) is 29.2 Å². The van der Waals surface area contributed by atoms with Crippen LogP contribution in [0.1, 0.15) is 25.5 Å².